The quantitative estimate of drug-likeness (QED) is 0.678. The first-order valence-electron chi connectivity index (χ1n) is 8.50. The minimum absolute atomic E-state index is 0.128. The number of alkyl halides is 2. The molecule has 3 nitrogen and oxygen atoms in total. The monoisotopic (exact) mass is 414 g/mol. The van der Waals surface area contributed by atoms with E-state index in [-0.39, 0.29) is 23.0 Å². The standard InChI is InChI=1S/C20H19ClF4N2O/c1-18(2)20(24,25)19(3,27-17(26)10-28-18)15-8-11(4-5-16(15)23)12-6-13(21)9-14(22)7-12/h4-9H,10H2,1-3H3,(H2,26,27)/t19-/m1/s1. The summed E-state index contributed by atoms with van der Waals surface area (Å²) in [5.41, 5.74) is 1.68. The van der Waals surface area contributed by atoms with Crippen LogP contribution in [0.3, 0.4) is 0 Å². The summed E-state index contributed by atoms with van der Waals surface area (Å²) >= 11 is 5.88. The lowest BCUT2D eigenvalue weighted by atomic mass is 9.77. The van der Waals surface area contributed by atoms with Gasteiger partial charge in [0.25, 0.3) is 0 Å². The summed E-state index contributed by atoms with van der Waals surface area (Å²) in [6.45, 7) is 3.21. The first-order chi connectivity index (χ1) is 12.9. The van der Waals surface area contributed by atoms with Crippen LogP contribution in [0.15, 0.2) is 41.4 Å². The van der Waals surface area contributed by atoms with Gasteiger partial charge in [-0.15, -0.1) is 0 Å². The summed E-state index contributed by atoms with van der Waals surface area (Å²) in [6, 6.07) is 7.36. The van der Waals surface area contributed by atoms with E-state index in [1.165, 1.54) is 38.1 Å². The molecule has 0 saturated heterocycles. The topological polar surface area (TPSA) is 47.6 Å². The Morgan fingerprint density at radius 3 is 2.36 bits per heavy atom. The van der Waals surface area contributed by atoms with Crippen molar-refractivity contribution >= 4 is 17.4 Å². The molecule has 2 aromatic carbocycles. The molecule has 0 unspecified atom stereocenters. The summed E-state index contributed by atoms with van der Waals surface area (Å²) in [5, 5.41) is 0.128. The summed E-state index contributed by atoms with van der Waals surface area (Å²) in [4.78, 5) is 3.94. The van der Waals surface area contributed by atoms with Gasteiger partial charge in [0.2, 0.25) is 0 Å². The molecule has 1 aliphatic rings. The van der Waals surface area contributed by atoms with E-state index < -0.39 is 28.7 Å². The average molecular weight is 415 g/mol. The molecule has 0 radical (unpaired) electrons. The Labute approximate surface area is 165 Å². The number of nitrogens with zero attached hydrogens (tertiary/aromatic N) is 1. The van der Waals surface area contributed by atoms with Crippen molar-refractivity contribution in [3.05, 3.63) is 58.6 Å². The van der Waals surface area contributed by atoms with E-state index in [9.17, 15) is 8.78 Å². The molecule has 8 heteroatoms. The lowest BCUT2D eigenvalue weighted by Crippen LogP contribution is -2.56. The number of halogens is 5. The fourth-order valence-electron chi connectivity index (χ4n) is 3.35. The Kier molecular flexibility index (Phi) is 4.96. The van der Waals surface area contributed by atoms with Crippen LogP contribution < -0.4 is 5.73 Å². The molecule has 3 rings (SSSR count). The highest BCUT2D eigenvalue weighted by Crippen LogP contribution is 2.51. The third-order valence-corrected chi connectivity index (χ3v) is 5.22. The van der Waals surface area contributed by atoms with E-state index in [4.69, 9.17) is 22.1 Å². The number of nitrogens with two attached hydrogens (primary N) is 1. The third kappa shape index (κ3) is 3.26. The van der Waals surface area contributed by atoms with Gasteiger partial charge in [0.05, 0.1) is 0 Å². The number of amidine groups is 1. The van der Waals surface area contributed by atoms with Crippen molar-refractivity contribution in [3.8, 4) is 11.1 Å². The fraction of sp³-hybridized carbons (Fsp3) is 0.350. The van der Waals surface area contributed by atoms with Gasteiger partial charge < -0.3 is 10.5 Å². The molecule has 0 aromatic heterocycles. The molecule has 0 spiro atoms. The van der Waals surface area contributed by atoms with Crippen LogP contribution >= 0.6 is 11.6 Å². The van der Waals surface area contributed by atoms with Gasteiger partial charge in [-0.2, -0.15) is 0 Å². The highest BCUT2D eigenvalue weighted by Gasteiger charge is 2.63. The number of hydrogen-bond donors (Lipinski definition) is 1. The largest absolute Gasteiger partial charge is 0.385 e. The molecule has 0 aliphatic carbocycles. The van der Waals surface area contributed by atoms with Crippen molar-refractivity contribution in [2.75, 3.05) is 6.61 Å². The Morgan fingerprint density at radius 1 is 1.04 bits per heavy atom. The fourth-order valence-corrected chi connectivity index (χ4v) is 3.57. The highest BCUT2D eigenvalue weighted by molar-refractivity contribution is 6.30. The van der Waals surface area contributed by atoms with Gasteiger partial charge in [0.1, 0.15) is 29.7 Å². The predicted molar refractivity (Wildman–Crippen MR) is 101 cm³/mol. The molecule has 0 saturated carbocycles. The average Bonchev–Trinajstić information content (AvgIpc) is 2.64. The molecular formula is C20H19ClF4N2O. The number of rotatable bonds is 2. The van der Waals surface area contributed by atoms with Crippen LogP contribution in [-0.2, 0) is 10.3 Å². The lowest BCUT2D eigenvalue weighted by molar-refractivity contribution is -0.214. The van der Waals surface area contributed by atoms with Crippen molar-refractivity contribution < 1.29 is 22.3 Å². The zero-order valence-electron chi connectivity index (χ0n) is 15.5. The van der Waals surface area contributed by atoms with Gasteiger partial charge >= 0.3 is 5.92 Å². The SMILES string of the molecule is CC1(C)OCC(N)=N[C@](C)(c2cc(-c3cc(F)cc(Cl)c3)ccc2F)C1(F)F. The summed E-state index contributed by atoms with van der Waals surface area (Å²) in [6.07, 6.45) is 0. The van der Waals surface area contributed by atoms with Gasteiger partial charge in [0.15, 0.2) is 5.54 Å². The minimum atomic E-state index is -3.61. The van der Waals surface area contributed by atoms with Crippen LogP contribution in [0.25, 0.3) is 11.1 Å². The number of benzene rings is 2. The van der Waals surface area contributed by atoms with E-state index in [0.717, 1.165) is 19.1 Å². The molecule has 2 N–H and O–H groups in total. The van der Waals surface area contributed by atoms with Crippen molar-refractivity contribution in [3.63, 3.8) is 0 Å². The Hall–Kier alpha value is -2.12. The number of hydrogen-bond acceptors (Lipinski definition) is 3. The molecule has 150 valence electrons. The Balaban J connectivity index is 2.25. The number of aliphatic imine (C=N–C) groups is 1. The van der Waals surface area contributed by atoms with Crippen LogP contribution in [0.1, 0.15) is 26.3 Å². The minimum Gasteiger partial charge on any atom is -0.385 e. The molecular weight excluding hydrogens is 396 g/mol. The van der Waals surface area contributed by atoms with Crippen molar-refractivity contribution in [2.45, 2.75) is 37.8 Å². The van der Waals surface area contributed by atoms with Crippen molar-refractivity contribution in [1.82, 2.24) is 0 Å². The van der Waals surface area contributed by atoms with Gasteiger partial charge in [-0.1, -0.05) is 17.7 Å². The van der Waals surface area contributed by atoms with E-state index in [1.54, 1.807) is 0 Å². The molecule has 2 aromatic rings. The van der Waals surface area contributed by atoms with Gasteiger partial charge in [0, 0.05) is 10.6 Å². The normalized spacial score (nSPS) is 23.8. The van der Waals surface area contributed by atoms with Gasteiger partial charge in [-0.05, 0) is 62.2 Å². The molecule has 28 heavy (non-hydrogen) atoms. The lowest BCUT2D eigenvalue weighted by Gasteiger charge is -2.42. The maximum Gasteiger partial charge on any atom is 0.304 e. The van der Waals surface area contributed by atoms with Crippen molar-refractivity contribution in [1.29, 1.82) is 0 Å². The first-order valence-corrected chi connectivity index (χ1v) is 8.88. The Morgan fingerprint density at radius 2 is 1.71 bits per heavy atom. The molecule has 1 heterocycles. The van der Waals surface area contributed by atoms with Crippen LogP contribution in [0, 0.1) is 11.6 Å². The summed E-state index contributed by atoms with van der Waals surface area (Å²) in [5.74, 6) is -5.27. The predicted octanol–water partition coefficient (Wildman–Crippen LogP) is 5.30. The van der Waals surface area contributed by atoms with Gasteiger partial charge in [-0.3, -0.25) is 4.99 Å². The van der Waals surface area contributed by atoms with Crippen molar-refractivity contribution in [2.24, 2.45) is 10.7 Å². The van der Waals surface area contributed by atoms with E-state index in [1.807, 2.05) is 0 Å². The molecule has 0 amide bonds. The molecule has 1 aliphatic heterocycles. The first kappa shape index (κ1) is 20.6. The van der Waals surface area contributed by atoms with E-state index >= 15 is 8.78 Å². The third-order valence-electron chi connectivity index (χ3n) is 5.00. The second-order valence-corrected chi connectivity index (χ2v) is 7.84. The summed E-state index contributed by atoms with van der Waals surface area (Å²) < 4.78 is 64.6. The maximum absolute atomic E-state index is 15.5. The molecule has 0 bridgehead atoms. The van der Waals surface area contributed by atoms with E-state index in [2.05, 4.69) is 4.99 Å². The van der Waals surface area contributed by atoms with Crippen LogP contribution in [0.5, 0.6) is 0 Å². The Bertz CT molecular complexity index is 941. The number of ether oxygens (including phenoxy) is 1. The summed E-state index contributed by atoms with van der Waals surface area (Å²) in [7, 11) is 0. The van der Waals surface area contributed by atoms with E-state index in [0.29, 0.717) is 11.1 Å². The smallest absolute Gasteiger partial charge is 0.304 e. The zero-order chi connectivity index (χ0) is 20.9. The highest BCUT2D eigenvalue weighted by atomic mass is 35.5. The molecule has 1 atom stereocenters. The van der Waals surface area contributed by atoms with Crippen LogP contribution in [-0.4, -0.2) is 24.0 Å². The van der Waals surface area contributed by atoms with Crippen LogP contribution in [0.2, 0.25) is 5.02 Å². The maximum atomic E-state index is 15.5. The second-order valence-electron chi connectivity index (χ2n) is 7.40. The second kappa shape index (κ2) is 6.74. The molecule has 0 fully saturated rings. The van der Waals surface area contributed by atoms with Gasteiger partial charge in [-0.25, -0.2) is 17.6 Å². The van der Waals surface area contributed by atoms with Crippen LogP contribution in [0.4, 0.5) is 17.6 Å². The zero-order valence-corrected chi connectivity index (χ0v) is 16.2.